The third-order valence-corrected chi connectivity index (χ3v) is 1.96. The van der Waals surface area contributed by atoms with Crippen LogP contribution in [0.4, 0.5) is 0 Å². The monoisotopic (exact) mass is 152 g/mol. The minimum Gasteiger partial charge on any atom is -0.144 e. The second-order valence-electron chi connectivity index (χ2n) is 2.37. The summed E-state index contributed by atoms with van der Waals surface area (Å²) >= 11 is 4.25. The van der Waals surface area contributed by atoms with Crippen molar-refractivity contribution in [2.24, 2.45) is 0 Å². The lowest BCUT2D eigenvalue weighted by Crippen LogP contribution is -1.75. The van der Waals surface area contributed by atoms with Gasteiger partial charge in [-0.15, -0.1) is 12.6 Å². The van der Waals surface area contributed by atoms with E-state index in [1.807, 2.05) is 6.08 Å². The van der Waals surface area contributed by atoms with Gasteiger partial charge in [-0.1, -0.05) is 30.7 Å². The average Bonchev–Trinajstić information content (AvgIpc) is 2.14. The first-order valence-electron chi connectivity index (χ1n) is 3.58. The van der Waals surface area contributed by atoms with Crippen LogP contribution < -0.4 is 0 Å². The Balaban J connectivity index is 2.69. The highest BCUT2D eigenvalue weighted by atomic mass is 32.1. The summed E-state index contributed by atoms with van der Waals surface area (Å²) in [4.78, 5) is 1.07. The molecule has 0 saturated heterocycles. The highest BCUT2D eigenvalue weighted by molar-refractivity contribution is 7.84. The van der Waals surface area contributed by atoms with E-state index in [0.29, 0.717) is 0 Å². The number of thiol groups is 1. The quantitative estimate of drug-likeness (QED) is 0.548. The molecule has 0 N–H and O–H groups in total. The van der Waals surface area contributed by atoms with Crippen molar-refractivity contribution in [3.63, 3.8) is 0 Å². The SMILES string of the molecule is CCC1=CC=CC(S)=CC1. The molecule has 0 aromatic carbocycles. The molecule has 1 heteroatoms. The van der Waals surface area contributed by atoms with E-state index in [4.69, 9.17) is 0 Å². The maximum Gasteiger partial charge on any atom is 0.000323 e. The average molecular weight is 152 g/mol. The van der Waals surface area contributed by atoms with Gasteiger partial charge in [0.15, 0.2) is 0 Å². The van der Waals surface area contributed by atoms with Gasteiger partial charge in [-0.2, -0.15) is 0 Å². The Bertz CT molecular complexity index is 194. The zero-order chi connectivity index (χ0) is 7.40. The van der Waals surface area contributed by atoms with E-state index < -0.39 is 0 Å². The van der Waals surface area contributed by atoms with Gasteiger partial charge < -0.3 is 0 Å². The predicted molar refractivity (Wildman–Crippen MR) is 49.2 cm³/mol. The summed E-state index contributed by atoms with van der Waals surface area (Å²) in [7, 11) is 0. The second kappa shape index (κ2) is 3.67. The van der Waals surface area contributed by atoms with E-state index in [9.17, 15) is 0 Å². The van der Waals surface area contributed by atoms with Gasteiger partial charge in [0.1, 0.15) is 0 Å². The van der Waals surface area contributed by atoms with Gasteiger partial charge in [-0.25, -0.2) is 0 Å². The summed E-state index contributed by atoms with van der Waals surface area (Å²) in [6, 6.07) is 0. The molecule has 1 aliphatic rings. The molecule has 0 fully saturated rings. The van der Waals surface area contributed by atoms with Crippen LogP contribution in [0.25, 0.3) is 0 Å². The molecular formula is C9H12S. The lowest BCUT2D eigenvalue weighted by Gasteiger charge is -1.95. The fourth-order valence-corrected chi connectivity index (χ4v) is 1.09. The van der Waals surface area contributed by atoms with Crippen LogP contribution in [0.2, 0.25) is 0 Å². The third-order valence-electron chi connectivity index (χ3n) is 1.63. The molecule has 0 heterocycles. The summed E-state index contributed by atoms with van der Waals surface area (Å²) in [5, 5.41) is 0. The molecule has 1 rings (SSSR count). The predicted octanol–water partition coefficient (Wildman–Crippen LogP) is 3.10. The summed E-state index contributed by atoms with van der Waals surface area (Å²) in [6.45, 7) is 2.18. The van der Waals surface area contributed by atoms with Gasteiger partial charge in [0.05, 0.1) is 0 Å². The van der Waals surface area contributed by atoms with Crippen LogP contribution >= 0.6 is 12.6 Å². The molecule has 0 saturated carbocycles. The largest absolute Gasteiger partial charge is 0.144 e. The van der Waals surface area contributed by atoms with Gasteiger partial charge >= 0.3 is 0 Å². The van der Waals surface area contributed by atoms with E-state index in [1.54, 1.807) is 0 Å². The summed E-state index contributed by atoms with van der Waals surface area (Å²) in [5.41, 5.74) is 1.47. The molecular weight excluding hydrogens is 140 g/mol. The maximum absolute atomic E-state index is 4.25. The Morgan fingerprint density at radius 1 is 1.60 bits per heavy atom. The van der Waals surface area contributed by atoms with E-state index in [2.05, 4.69) is 37.8 Å². The number of hydrogen-bond donors (Lipinski definition) is 1. The highest BCUT2D eigenvalue weighted by Crippen LogP contribution is 2.15. The first kappa shape index (κ1) is 7.67. The van der Waals surface area contributed by atoms with Gasteiger partial charge in [-0.3, -0.25) is 0 Å². The molecule has 0 atom stereocenters. The smallest absolute Gasteiger partial charge is 0.000323 e. The van der Waals surface area contributed by atoms with E-state index >= 15 is 0 Å². The molecule has 54 valence electrons. The Labute approximate surface area is 67.7 Å². The van der Waals surface area contributed by atoms with Crippen molar-refractivity contribution < 1.29 is 0 Å². The number of allylic oxidation sites excluding steroid dienone is 5. The van der Waals surface area contributed by atoms with E-state index in [1.165, 1.54) is 5.57 Å². The third kappa shape index (κ3) is 2.07. The van der Waals surface area contributed by atoms with Crippen LogP contribution in [-0.4, -0.2) is 0 Å². The van der Waals surface area contributed by atoms with Crippen LogP contribution in [0.5, 0.6) is 0 Å². The number of hydrogen-bond acceptors (Lipinski definition) is 1. The minimum absolute atomic E-state index is 1.06. The molecule has 0 bridgehead atoms. The van der Waals surface area contributed by atoms with Gasteiger partial charge in [0, 0.05) is 4.91 Å². The molecule has 0 radical (unpaired) electrons. The van der Waals surface area contributed by atoms with Crippen molar-refractivity contribution in [1.29, 1.82) is 0 Å². The van der Waals surface area contributed by atoms with Crippen molar-refractivity contribution in [3.05, 3.63) is 34.8 Å². The summed E-state index contributed by atoms with van der Waals surface area (Å²) < 4.78 is 0. The van der Waals surface area contributed by atoms with Crippen molar-refractivity contribution in [3.8, 4) is 0 Å². The Morgan fingerprint density at radius 3 is 3.10 bits per heavy atom. The molecule has 0 aromatic rings. The molecule has 1 aliphatic carbocycles. The van der Waals surface area contributed by atoms with Crippen LogP contribution in [0, 0.1) is 0 Å². The normalized spacial score (nSPS) is 17.8. The standard InChI is InChI=1S/C9H12S/c1-2-8-4-3-5-9(10)7-6-8/h3-5,7,10H,2,6H2,1H3. The zero-order valence-electron chi connectivity index (χ0n) is 6.17. The summed E-state index contributed by atoms with van der Waals surface area (Å²) in [6.07, 6.45) is 10.6. The van der Waals surface area contributed by atoms with E-state index in [-0.39, 0.29) is 0 Å². The summed E-state index contributed by atoms with van der Waals surface area (Å²) in [5.74, 6) is 0. The highest BCUT2D eigenvalue weighted by Gasteiger charge is 1.93. The first-order chi connectivity index (χ1) is 4.83. The van der Waals surface area contributed by atoms with Crippen LogP contribution in [-0.2, 0) is 0 Å². The van der Waals surface area contributed by atoms with Gasteiger partial charge in [-0.05, 0) is 18.9 Å². The molecule has 10 heavy (non-hydrogen) atoms. The van der Waals surface area contributed by atoms with Crippen molar-refractivity contribution >= 4 is 12.6 Å². The minimum atomic E-state index is 1.06. The van der Waals surface area contributed by atoms with Gasteiger partial charge in [0.25, 0.3) is 0 Å². The van der Waals surface area contributed by atoms with Crippen LogP contribution in [0.1, 0.15) is 19.8 Å². The topological polar surface area (TPSA) is 0 Å². The Kier molecular flexibility index (Phi) is 2.82. The maximum atomic E-state index is 4.25. The molecule has 0 nitrogen and oxygen atoms in total. The zero-order valence-corrected chi connectivity index (χ0v) is 7.07. The van der Waals surface area contributed by atoms with Crippen molar-refractivity contribution in [2.45, 2.75) is 19.8 Å². The molecule has 0 amide bonds. The lowest BCUT2D eigenvalue weighted by atomic mass is 10.1. The van der Waals surface area contributed by atoms with E-state index in [0.717, 1.165) is 17.7 Å². The first-order valence-corrected chi connectivity index (χ1v) is 4.03. The van der Waals surface area contributed by atoms with Crippen molar-refractivity contribution in [2.75, 3.05) is 0 Å². The molecule has 0 aliphatic heterocycles. The van der Waals surface area contributed by atoms with Crippen LogP contribution in [0.3, 0.4) is 0 Å². The lowest BCUT2D eigenvalue weighted by molar-refractivity contribution is 1.03. The molecule has 0 aromatic heterocycles. The van der Waals surface area contributed by atoms with Crippen molar-refractivity contribution in [1.82, 2.24) is 0 Å². The second-order valence-corrected chi connectivity index (χ2v) is 2.89. The van der Waals surface area contributed by atoms with Crippen LogP contribution in [0.15, 0.2) is 34.8 Å². The fourth-order valence-electron chi connectivity index (χ4n) is 0.917. The van der Waals surface area contributed by atoms with Gasteiger partial charge in [0.2, 0.25) is 0 Å². The Morgan fingerprint density at radius 2 is 2.40 bits per heavy atom. The molecule has 0 unspecified atom stereocenters. The Hall–Kier alpha value is -0.430. The number of rotatable bonds is 1. The molecule has 0 spiro atoms. The fraction of sp³-hybridized carbons (Fsp3) is 0.333.